The number of carbonyl (C=O) groups is 2. The quantitative estimate of drug-likeness (QED) is 0.593. The molecule has 0 aliphatic heterocycles. The Balaban J connectivity index is 2.68. The molecular formula is C16H21FO4. The molecule has 1 atom stereocenters. The van der Waals surface area contributed by atoms with E-state index in [4.69, 9.17) is 9.47 Å². The zero-order valence-corrected chi connectivity index (χ0v) is 12.8. The molecule has 0 bridgehead atoms. The van der Waals surface area contributed by atoms with Crippen molar-refractivity contribution in [2.24, 2.45) is 5.92 Å². The average molecular weight is 296 g/mol. The predicted octanol–water partition coefficient (Wildman–Crippen LogP) is 3.73. The Morgan fingerprint density at radius 1 is 1.19 bits per heavy atom. The van der Waals surface area contributed by atoms with E-state index in [-0.39, 0.29) is 17.4 Å². The van der Waals surface area contributed by atoms with Crippen molar-refractivity contribution in [1.29, 1.82) is 0 Å². The third-order valence-corrected chi connectivity index (χ3v) is 2.88. The molecule has 0 aromatic heterocycles. The predicted molar refractivity (Wildman–Crippen MR) is 76.7 cm³/mol. The lowest BCUT2D eigenvalue weighted by Gasteiger charge is -2.14. The molecule has 4 nitrogen and oxygen atoms in total. The molecule has 0 aliphatic rings. The van der Waals surface area contributed by atoms with Crippen molar-refractivity contribution in [3.63, 3.8) is 0 Å². The van der Waals surface area contributed by atoms with Crippen LogP contribution in [0.3, 0.4) is 0 Å². The molecule has 5 heteroatoms. The maximum absolute atomic E-state index is 13.8. The minimum Gasteiger partial charge on any atom is -0.459 e. The molecule has 0 saturated carbocycles. The summed E-state index contributed by atoms with van der Waals surface area (Å²) in [5, 5.41) is 0. The fraction of sp³-hybridized carbons (Fsp3) is 0.500. The summed E-state index contributed by atoms with van der Waals surface area (Å²) in [6, 6.07) is 3.61. The van der Waals surface area contributed by atoms with Crippen molar-refractivity contribution < 1.29 is 23.5 Å². The smallest absolute Gasteiger partial charge is 0.341 e. The maximum Gasteiger partial charge on any atom is 0.341 e. The first kappa shape index (κ1) is 17.1. The summed E-state index contributed by atoms with van der Waals surface area (Å²) in [6.45, 7) is 7.17. The van der Waals surface area contributed by atoms with Crippen molar-refractivity contribution >= 4 is 11.9 Å². The molecule has 0 aliphatic carbocycles. The van der Waals surface area contributed by atoms with Crippen molar-refractivity contribution in [3.05, 3.63) is 29.6 Å². The van der Waals surface area contributed by atoms with Gasteiger partial charge in [0.05, 0.1) is 11.7 Å². The number of halogens is 1. The van der Waals surface area contributed by atoms with Crippen LogP contribution in [0.25, 0.3) is 0 Å². The molecule has 0 saturated heterocycles. The minimum atomic E-state index is -0.769. The largest absolute Gasteiger partial charge is 0.459 e. The van der Waals surface area contributed by atoms with Gasteiger partial charge >= 0.3 is 11.9 Å². The molecule has 0 fully saturated rings. The lowest BCUT2D eigenvalue weighted by molar-refractivity contribution is -0.131. The van der Waals surface area contributed by atoms with Crippen LogP contribution in [0, 0.1) is 11.7 Å². The summed E-state index contributed by atoms with van der Waals surface area (Å²) in [5.74, 6) is -1.45. The van der Waals surface area contributed by atoms with E-state index in [1.54, 1.807) is 6.92 Å². The Labute approximate surface area is 124 Å². The summed E-state index contributed by atoms with van der Waals surface area (Å²) in [6.07, 6.45) is 1.39. The number of ether oxygens (including phenoxy) is 2. The van der Waals surface area contributed by atoms with Gasteiger partial charge in [0, 0.05) is 13.0 Å². The van der Waals surface area contributed by atoms with Gasteiger partial charge in [-0.25, -0.2) is 9.18 Å². The molecule has 0 radical (unpaired) electrons. The van der Waals surface area contributed by atoms with E-state index in [1.807, 2.05) is 0 Å². The number of hydrogen-bond donors (Lipinski definition) is 0. The molecule has 1 rings (SSSR count). The number of carbonyl (C=O) groups excluding carboxylic acids is 2. The Kier molecular flexibility index (Phi) is 6.34. The van der Waals surface area contributed by atoms with Crippen LogP contribution in [-0.4, -0.2) is 18.0 Å². The van der Waals surface area contributed by atoms with Crippen molar-refractivity contribution in [3.8, 4) is 5.75 Å². The zero-order valence-electron chi connectivity index (χ0n) is 12.8. The van der Waals surface area contributed by atoms with Crippen LogP contribution in [-0.2, 0) is 9.53 Å². The van der Waals surface area contributed by atoms with E-state index in [0.29, 0.717) is 5.92 Å². The molecule has 21 heavy (non-hydrogen) atoms. The fourth-order valence-electron chi connectivity index (χ4n) is 1.76. The lowest BCUT2D eigenvalue weighted by Crippen LogP contribution is -2.17. The summed E-state index contributed by atoms with van der Waals surface area (Å²) in [7, 11) is 0. The van der Waals surface area contributed by atoms with Gasteiger partial charge in [0.15, 0.2) is 0 Å². The van der Waals surface area contributed by atoms with E-state index >= 15 is 0 Å². The van der Waals surface area contributed by atoms with E-state index in [0.717, 1.165) is 18.9 Å². The average Bonchev–Trinajstić information content (AvgIpc) is 2.35. The second-order valence-corrected chi connectivity index (χ2v) is 5.42. The van der Waals surface area contributed by atoms with Gasteiger partial charge in [0.25, 0.3) is 0 Å². The first-order valence-electron chi connectivity index (χ1n) is 6.98. The van der Waals surface area contributed by atoms with Gasteiger partial charge in [0.1, 0.15) is 11.6 Å². The third kappa shape index (κ3) is 5.94. The first-order valence-corrected chi connectivity index (χ1v) is 6.98. The highest BCUT2D eigenvalue weighted by Crippen LogP contribution is 2.19. The highest BCUT2D eigenvalue weighted by molar-refractivity contribution is 5.90. The van der Waals surface area contributed by atoms with Gasteiger partial charge in [-0.3, -0.25) is 4.79 Å². The maximum atomic E-state index is 13.8. The lowest BCUT2D eigenvalue weighted by atomic mass is 10.1. The Hall–Kier alpha value is -1.91. The van der Waals surface area contributed by atoms with Crippen LogP contribution in [0.4, 0.5) is 4.39 Å². The van der Waals surface area contributed by atoms with Crippen LogP contribution < -0.4 is 4.74 Å². The van der Waals surface area contributed by atoms with Gasteiger partial charge < -0.3 is 9.47 Å². The van der Waals surface area contributed by atoms with Crippen LogP contribution in [0.5, 0.6) is 5.75 Å². The Morgan fingerprint density at radius 2 is 1.86 bits per heavy atom. The summed E-state index contributed by atoms with van der Waals surface area (Å²) in [4.78, 5) is 22.7. The van der Waals surface area contributed by atoms with E-state index < -0.39 is 17.8 Å². The summed E-state index contributed by atoms with van der Waals surface area (Å²) >= 11 is 0. The molecule has 0 heterocycles. The normalized spacial score (nSPS) is 12.1. The summed E-state index contributed by atoms with van der Waals surface area (Å²) < 4.78 is 23.8. The molecule has 0 N–H and O–H groups in total. The molecular weight excluding hydrogens is 275 g/mol. The SMILES string of the molecule is CC(=O)Oc1ccc(C(=O)O[C@H](C)CCC(C)C)c(F)c1. The highest BCUT2D eigenvalue weighted by Gasteiger charge is 2.17. The molecule has 0 unspecified atom stereocenters. The first-order chi connectivity index (χ1) is 9.79. The number of esters is 2. The van der Waals surface area contributed by atoms with Crippen LogP contribution >= 0.6 is 0 Å². The Bertz CT molecular complexity index is 511. The molecule has 0 amide bonds. The monoisotopic (exact) mass is 296 g/mol. The number of benzene rings is 1. The molecule has 116 valence electrons. The van der Waals surface area contributed by atoms with Crippen LogP contribution in [0.2, 0.25) is 0 Å². The third-order valence-electron chi connectivity index (χ3n) is 2.88. The van der Waals surface area contributed by atoms with Gasteiger partial charge in [-0.1, -0.05) is 13.8 Å². The van der Waals surface area contributed by atoms with Gasteiger partial charge in [-0.05, 0) is 37.8 Å². The number of rotatable bonds is 6. The topological polar surface area (TPSA) is 52.6 Å². The van der Waals surface area contributed by atoms with Crippen LogP contribution in [0.1, 0.15) is 50.9 Å². The van der Waals surface area contributed by atoms with Crippen molar-refractivity contribution in [1.82, 2.24) is 0 Å². The highest BCUT2D eigenvalue weighted by atomic mass is 19.1. The van der Waals surface area contributed by atoms with Crippen molar-refractivity contribution in [2.75, 3.05) is 0 Å². The van der Waals surface area contributed by atoms with E-state index in [9.17, 15) is 14.0 Å². The van der Waals surface area contributed by atoms with Gasteiger partial charge in [-0.15, -0.1) is 0 Å². The Morgan fingerprint density at radius 3 is 2.38 bits per heavy atom. The van der Waals surface area contributed by atoms with E-state index in [1.165, 1.54) is 19.1 Å². The van der Waals surface area contributed by atoms with Crippen molar-refractivity contribution in [2.45, 2.75) is 46.6 Å². The van der Waals surface area contributed by atoms with E-state index in [2.05, 4.69) is 13.8 Å². The minimum absolute atomic E-state index is 0.0596. The second-order valence-electron chi connectivity index (χ2n) is 5.42. The number of hydrogen-bond acceptors (Lipinski definition) is 4. The van der Waals surface area contributed by atoms with Gasteiger partial charge in [0.2, 0.25) is 0 Å². The second kappa shape index (κ2) is 7.76. The molecule has 0 spiro atoms. The van der Waals surface area contributed by atoms with Gasteiger partial charge in [-0.2, -0.15) is 0 Å². The standard InChI is InChI=1S/C16H21FO4/c1-10(2)5-6-11(3)20-16(19)14-8-7-13(9-15(14)17)21-12(4)18/h7-11H,5-6H2,1-4H3/t11-/m1/s1. The molecule has 1 aromatic carbocycles. The molecule has 1 aromatic rings. The summed E-state index contributed by atoms with van der Waals surface area (Å²) in [5.41, 5.74) is -0.165. The van der Waals surface area contributed by atoms with Crippen LogP contribution in [0.15, 0.2) is 18.2 Å². The zero-order chi connectivity index (χ0) is 16.0. The fourth-order valence-corrected chi connectivity index (χ4v) is 1.76.